The number of aryl methyl sites for hydroxylation is 1. The van der Waals surface area contributed by atoms with E-state index in [-0.39, 0.29) is 11.8 Å². The van der Waals surface area contributed by atoms with Crippen LogP contribution in [0, 0.1) is 6.92 Å². The molecule has 110 valence electrons. The highest BCUT2D eigenvalue weighted by atomic mass is 16.5. The molecular formula is C17H19NO3. The van der Waals surface area contributed by atoms with Crippen LogP contribution >= 0.6 is 0 Å². The minimum absolute atomic E-state index is 0.0869. The fourth-order valence-corrected chi connectivity index (χ4v) is 2.41. The molecule has 21 heavy (non-hydrogen) atoms. The van der Waals surface area contributed by atoms with E-state index >= 15 is 0 Å². The van der Waals surface area contributed by atoms with E-state index in [1.165, 1.54) is 0 Å². The first-order valence-corrected chi connectivity index (χ1v) is 7.07. The summed E-state index contributed by atoms with van der Waals surface area (Å²) < 4.78 is 6.80. The Bertz CT molecular complexity index is 656. The molecule has 0 spiro atoms. The Morgan fingerprint density at radius 3 is 2.38 bits per heavy atom. The van der Waals surface area contributed by atoms with Crippen molar-refractivity contribution in [2.45, 2.75) is 27.3 Å². The van der Waals surface area contributed by atoms with Crippen LogP contribution in [0.3, 0.4) is 0 Å². The van der Waals surface area contributed by atoms with Crippen molar-refractivity contribution in [3.8, 4) is 0 Å². The van der Waals surface area contributed by atoms with Gasteiger partial charge in [-0.05, 0) is 32.4 Å². The molecule has 0 unspecified atom stereocenters. The zero-order chi connectivity index (χ0) is 15.4. The van der Waals surface area contributed by atoms with Crippen LogP contribution in [-0.2, 0) is 11.3 Å². The summed E-state index contributed by atoms with van der Waals surface area (Å²) in [5, 5.41) is 0. The van der Waals surface area contributed by atoms with Gasteiger partial charge >= 0.3 is 5.97 Å². The number of rotatable bonds is 5. The second kappa shape index (κ2) is 6.39. The Morgan fingerprint density at radius 2 is 1.81 bits per heavy atom. The lowest BCUT2D eigenvalue weighted by Gasteiger charge is -2.10. The van der Waals surface area contributed by atoms with E-state index in [0.717, 1.165) is 5.56 Å². The maximum absolute atomic E-state index is 12.6. The Hall–Kier alpha value is -2.36. The third kappa shape index (κ3) is 2.89. The van der Waals surface area contributed by atoms with Crippen LogP contribution in [0.4, 0.5) is 0 Å². The Labute approximate surface area is 124 Å². The van der Waals surface area contributed by atoms with Gasteiger partial charge in [-0.25, -0.2) is 4.79 Å². The maximum Gasteiger partial charge on any atom is 0.355 e. The lowest BCUT2D eigenvalue weighted by atomic mass is 10.1. The fraction of sp³-hybridized carbons (Fsp3) is 0.294. The van der Waals surface area contributed by atoms with Crippen LogP contribution in [-0.4, -0.2) is 22.9 Å². The lowest BCUT2D eigenvalue weighted by molar-refractivity contribution is 0.0513. The second-order valence-electron chi connectivity index (χ2n) is 4.72. The van der Waals surface area contributed by atoms with Gasteiger partial charge in [-0.2, -0.15) is 0 Å². The Morgan fingerprint density at radius 1 is 1.14 bits per heavy atom. The first kappa shape index (κ1) is 15.0. The smallest absolute Gasteiger partial charge is 0.355 e. The van der Waals surface area contributed by atoms with E-state index in [0.29, 0.717) is 30.1 Å². The summed E-state index contributed by atoms with van der Waals surface area (Å²) in [6.45, 7) is 6.34. The highest BCUT2D eigenvalue weighted by Crippen LogP contribution is 2.20. The number of benzene rings is 1. The SMILES string of the molecule is CCOC(=O)c1c(C)cc(C(=O)c2ccccc2)n1CC. The average molecular weight is 285 g/mol. The van der Waals surface area contributed by atoms with Gasteiger partial charge in [-0.15, -0.1) is 0 Å². The number of carbonyl (C=O) groups is 2. The molecule has 2 aromatic rings. The van der Waals surface area contributed by atoms with Gasteiger partial charge in [0.25, 0.3) is 0 Å². The molecular weight excluding hydrogens is 266 g/mol. The first-order valence-electron chi connectivity index (χ1n) is 7.07. The third-order valence-corrected chi connectivity index (χ3v) is 3.34. The van der Waals surface area contributed by atoms with Gasteiger partial charge in [-0.1, -0.05) is 30.3 Å². The molecule has 0 fully saturated rings. The molecule has 1 aromatic heterocycles. The van der Waals surface area contributed by atoms with Crippen molar-refractivity contribution in [3.63, 3.8) is 0 Å². The number of ether oxygens (including phenoxy) is 1. The van der Waals surface area contributed by atoms with Gasteiger partial charge in [0.1, 0.15) is 5.69 Å². The summed E-state index contributed by atoms with van der Waals surface area (Å²) in [5.41, 5.74) is 2.34. The number of carbonyl (C=O) groups excluding carboxylic acids is 2. The summed E-state index contributed by atoms with van der Waals surface area (Å²) >= 11 is 0. The zero-order valence-electron chi connectivity index (χ0n) is 12.6. The van der Waals surface area contributed by atoms with E-state index in [9.17, 15) is 9.59 Å². The molecule has 0 radical (unpaired) electrons. The number of esters is 1. The van der Waals surface area contributed by atoms with Crippen LogP contribution in [0.1, 0.15) is 46.0 Å². The molecule has 1 heterocycles. The van der Waals surface area contributed by atoms with Crippen molar-refractivity contribution in [2.75, 3.05) is 6.61 Å². The molecule has 0 aliphatic rings. The molecule has 0 aliphatic heterocycles. The monoisotopic (exact) mass is 285 g/mol. The van der Waals surface area contributed by atoms with Crippen LogP contribution in [0.25, 0.3) is 0 Å². The molecule has 4 heteroatoms. The Kier molecular flexibility index (Phi) is 4.58. The molecule has 2 rings (SSSR count). The third-order valence-electron chi connectivity index (χ3n) is 3.34. The topological polar surface area (TPSA) is 48.3 Å². The van der Waals surface area contributed by atoms with Gasteiger partial charge in [0, 0.05) is 12.1 Å². The molecule has 0 amide bonds. The average Bonchev–Trinajstić information content (AvgIpc) is 2.84. The molecule has 0 aliphatic carbocycles. The molecule has 0 N–H and O–H groups in total. The molecule has 0 bridgehead atoms. The summed E-state index contributed by atoms with van der Waals surface area (Å²) in [5.74, 6) is -0.472. The second-order valence-corrected chi connectivity index (χ2v) is 4.72. The zero-order valence-corrected chi connectivity index (χ0v) is 12.6. The number of ketones is 1. The summed E-state index contributed by atoms with van der Waals surface area (Å²) in [6.07, 6.45) is 0. The van der Waals surface area contributed by atoms with E-state index in [4.69, 9.17) is 4.74 Å². The fourth-order valence-electron chi connectivity index (χ4n) is 2.41. The van der Waals surface area contributed by atoms with Crippen molar-refractivity contribution in [1.82, 2.24) is 4.57 Å². The molecule has 0 saturated carbocycles. The first-order chi connectivity index (χ1) is 10.1. The Balaban J connectivity index is 2.48. The standard InChI is InChI=1S/C17H19NO3/c1-4-18-14(16(19)13-9-7-6-8-10-13)11-12(3)15(18)17(20)21-5-2/h6-11H,4-5H2,1-3H3. The van der Waals surface area contributed by atoms with Gasteiger partial charge in [0.15, 0.2) is 0 Å². The molecule has 4 nitrogen and oxygen atoms in total. The van der Waals surface area contributed by atoms with Crippen LogP contribution in [0.2, 0.25) is 0 Å². The van der Waals surface area contributed by atoms with Crippen molar-refractivity contribution in [1.29, 1.82) is 0 Å². The van der Waals surface area contributed by atoms with Crippen molar-refractivity contribution >= 4 is 11.8 Å². The van der Waals surface area contributed by atoms with Crippen LogP contribution in [0.15, 0.2) is 36.4 Å². The number of hydrogen-bond acceptors (Lipinski definition) is 3. The van der Waals surface area contributed by atoms with Crippen molar-refractivity contribution in [3.05, 3.63) is 58.9 Å². The maximum atomic E-state index is 12.6. The van der Waals surface area contributed by atoms with Gasteiger partial charge in [0.2, 0.25) is 5.78 Å². The normalized spacial score (nSPS) is 10.4. The van der Waals surface area contributed by atoms with Gasteiger partial charge in [0.05, 0.1) is 12.3 Å². The molecule has 0 atom stereocenters. The van der Waals surface area contributed by atoms with E-state index in [2.05, 4.69) is 0 Å². The largest absolute Gasteiger partial charge is 0.461 e. The number of hydrogen-bond donors (Lipinski definition) is 0. The summed E-state index contributed by atoms with van der Waals surface area (Å²) in [6, 6.07) is 10.8. The highest BCUT2D eigenvalue weighted by Gasteiger charge is 2.23. The number of nitrogens with zero attached hydrogens (tertiary/aromatic N) is 1. The molecule has 1 aromatic carbocycles. The van der Waals surface area contributed by atoms with E-state index < -0.39 is 0 Å². The lowest BCUT2D eigenvalue weighted by Crippen LogP contribution is -2.16. The van der Waals surface area contributed by atoms with Crippen LogP contribution < -0.4 is 0 Å². The summed E-state index contributed by atoms with van der Waals surface area (Å²) in [7, 11) is 0. The summed E-state index contributed by atoms with van der Waals surface area (Å²) in [4.78, 5) is 24.7. The van der Waals surface area contributed by atoms with Crippen molar-refractivity contribution in [2.24, 2.45) is 0 Å². The van der Waals surface area contributed by atoms with E-state index in [1.807, 2.05) is 32.0 Å². The van der Waals surface area contributed by atoms with Crippen LogP contribution in [0.5, 0.6) is 0 Å². The predicted molar refractivity (Wildman–Crippen MR) is 80.7 cm³/mol. The van der Waals surface area contributed by atoms with E-state index in [1.54, 1.807) is 29.7 Å². The van der Waals surface area contributed by atoms with Gasteiger partial charge in [-0.3, -0.25) is 4.79 Å². The quantitative estimate of drug-likeness (QED) is 0.626. The highest BCUT2D eigenvalue weighted by molar-refractivity contribution is 6.09. The molecule has 0 saturated heterocycles. The minimum atomic E-state index is -0.385. The van der Waals surface area contributed by atoms with Crippen molar-refractivity contribution < 1.29 is 14.3 Å². The van der Waals surface area contributed by atoms with Gasteiger partial charge < -0.3 is 9.30 Å². The minimum Gasteiger partial charge on any atom is -0.461 e. The number of aromatic nitrogens is 1. The predicted octanol–water partition coefficient (Wildman–Crippen LogP) is 3.22.